The number of benzene rings is 1. The standard InChI is InChI=1S/C13H22N2/c1-9(2)11(4)13(15-14)12-7-5-6-10(3)8-12/h5-9,11,13,15H,14H2,1-4H3. The van der Waals surface area contributed by atoms with Gasteiger partial charge in [0, 0.05) is 6.04 Å². The van der Waals surface area contributed by atoms with E-state index in [9.17, 15) is 0 Å². The van der Waals surface area contributed by atoms with E-state index in [1.54, 1.807) is 0 Å². The van der Waals surface area contributed by atoms with Crippen LogP contribution in [-0.4, -0.2) is 0 Å². The molecule has 3 N–H and O–H groups in total. The van der Waals surface area contributed by atoms with Crippen molar-refractivity contribution in [3.63, 3.8) is 0 Å². The molecule has 2 nitrogen and oxygen atoms in total. The molecule has 0 saturated heterocycles. The van der Waals surface area contributed by atoms with Crippen LogP contribution in [0, 0.1) is 18.8 Å². The van der Waals surface area contributed by atoms with E-state index < -0.39 is 0 Å². The van der Waals surface area contributed by atoms with E-state index >= 15 is 0 Å². The Kier molecular flexibility index (Phi) is 4.30. The fourth-order valence-electron chi connectivity index (χ4n) is 1.80. The van der Waals surface area contributed by atoms with Gasteiger partial charge in [0.1, 0.15) is 0 Å². The first-order valence-electron chi connectivity index (χ1n) is 5.59. The Morgan fingerprint density at radius 2 is 1.87 bits per heavy atom. The fraction of sp³-hybridized carbons (Fsp3) is 0.538. The van der Waals surface area contributed by atoms with Gasteiger partial charge in [0.15, 0.2) is 0 Å². The number of nitrogens with one attached hydrogen (secondary N) is 1. The van der Waals surface area contributed by atoms with E-state index in [2.05, 4.69) is 57.4 Å². The molecule has 1 aromatic rings. The zero-order valence-electron chi connectivity index (χ0n) is 10.1. The first-order valence-corrected chi connectivity index (χ1v) is 5.59. The van der Waals surface area contributed by atoms with Crippen LogP contribution in [0.3, 0.4) is 0 Å². The molecule has 1 rings (SSSR count). The largest absolute Gasteiger partial charge is 0.271 e. The summed E-state index contributed by atoms with van der Waals surface area (Å²) in [7, 11) is 0. The summed E-state index contributed by atoms with van der Waals surface area (Å²) < 4.78 is 0. The molecule has 0 aliphatic heterocycles. The highest BCUT2D eigenvalue weighted by molar-refractivity contribution is 5.25. The average Bonchev–Trinajstić information content (AvgIpc) is 2.18. The Morgan fingerprint density at radius 3 is 2.33 bits per heavy atom. The lowest BCUT2D eigenvalue weighted by Gasteiger charge is -2.26. The highest BCUT2D eigenvalue weighted by atomic mass is 15.2. The smallest absolute Gasteiger partial charge is 0.0488 e. The molecule has 0 aromatic heterocycles. The lowest BCUT2D eigenvalue weighted by Crippen LogP contribution is -2.34. The second-order valence-electron chi connectivity index (χ2n) is 4.66. The summed E-state index contributed by atoms with van der Waals surface area (Å²) in [4.78, 5) is 0. The molecule has 0 aliphatic rings. The van der Waals surface area contributed by atoms with Crippen molar-refractivity contribution in [2.75, 3.05) is 0 Å². The Balaban J connectivity index is 2.92. The molecule has 0 bridgehead atoms. The Morgan fingerprint density at radius 1 is 1.20 bits per heavy atom. The second-order valence-corrected chi connectivity index (χ2v) is 4.66. The number of hydrazine groups is 1. The molecule has 15 heavy (non-hydrogen) atoms. The zero-order valence-corrected chi connectivity index (χ0v) is 10.1. The predicted molar refractivity (Wildman–Crippen MR) is 65.2 cm³/mol. The Bertz CT molecular complexity index is 307. The van der Waals surface area contributed by atoms with Gasteiger partial charge in [-0.2, -0.15) is 0 Å². The van der Waals surface area contributed by atoms with Gasteiger partial charge in [-0.25, -0.2) is 0 Å². The molecule has 0 saturated carbocycles. The fourth-order valence-corrected chi connectivity index (χ4v) is 1.80. The second kappa shape index (κ2) is 5.29. The van der Waals surface area contributed by atoms with E-state index in [4.69, 9.17) is 5.84 Å². The van der Waals surface area contributed by atoms with Crippen molar-refractivity contribution < 1.29 is 0 Å². The third kappa shape index (κ3) is 3.05. The van der Waals surface area contributed by atoms with Gasteiger partial charge in [-0.3, -0.25) is 11.3 Å². The highest BCUT2D eigenvalue weighted by Crippen LogP contribution is 2.27. The number of nitrogens with two attached hydrogens (primary N) is 1. The van der Waals surface area contributed by atoms with Crippen molar-refractivity contribution in [3.8, 4) is 0 Å². The maximum absolute atomic E-state index is 5.64. The van der Waals surface area contributed by atoms with Crippen LogP contribution in [0.2, 0.25) is 0 Å². The van der Waals surface area contributed by atoms with Crippen molar-refractivity contribution in [2.45, 2.75) is 33.7 Å². The molecular formula is C13H22N2. The Hall–Kier alpha value is -0.860. The molecule has 0 spiro atoms. The number of hydrogen-bond donors (Lipinski definition) is 2. The first-order chi connectivity index (χ1) is 7.06. The van der Waals surface area contributed by atoms with Gasteiger partial charge < -0.3 is 0 Å². The van der Waals surface area contributed by atoms with Gasteiger partial charge in [0.05, 0.1) is 0 Å². The highest BCUT2D eigenvalue weighted by Gasteiger charge is 2.20. The average molecular weight is 206 g/mol. The SMILES string of the molecule is Cc1cccc(C(NN)C(C)C(C)C)c1. The van der Waals surface area contributed by atoms with Crippen LogP contribution in [0.4, 0.5) is 0 Å². The van der Waals surface area contributed by atoms with Crippen LogP contribution in [0.5, 0.6) is 0 Å². The molecule has 0 radical (unpaired) electrons. The summed E-state index contributed by atoms with van der Waals surface area (Å²) in [6.45, 7) is 8.80. The van der Waals surface area contributed by atoms with Crippen molar-refractivity contribution in [2.24, 2.45) is 17.7 Å². The summed E-state index contributed by atoms with van der Waals surface area (Å²) >= 11 is 0. The maximum atomic E-state index is 5.64. The summed E-state index contributed by atoms with van der Waals surface area (Å²) in [5.74, 6) is 6.79. The van der Waals surface area contributed by atoms with E-state index in [-0.39, 0.29) is 6.04 Å². The third-order valence-corrected chi connectivity index (χ3v) is 3.16. The van der Waals surface area contributed by atoms with Crippen molar-refractivity contribution >= 4 is 0 Å². The van der Waals surface area contributed by atoms with Gasteiger partial charge in [0.2, 0.25) is 0 Å². The van der Waals surface area contributed by atoms with Crippen LogP contribution in [0.15, 0.2) is 24.3 Å². The predicted octanol–water partition coefficient (Wildman–Crippen LogP) is 2.79. The van der Waals surface area contributed by atoms with E-state index in [1.807, 2.05) is 0 Å². The number of rotatable bonds is 4. The van der Waals surface area contributed by atoms with Crippen molar-refractivity contribution in [3.05, 3.63) is 35.4 Å². The van der Waals surface area contributed by atoms with E-state index in [0.29, 0.717) is 11.8 Å². The van der Waals surface area contributed by atoms with Gasteiger partial charge in [-0.05, 0) is 24.3 Å². The molecular weight excluding hydrogens is 184 g/mol. The van der Waals surface area contributed by atoms with Gasteiger partial charge in [-0.15, -0.1) is 0 Å². The molecule has 2 unspecified atom stereocenters. The lowest BCUT2D eigenvalue weighted by atomic mass is 9.86. The molecule has 1 aromatic carbocycles. The monoisotopic (exact) mass is 206 g/mol. The quantitative estimate of drug-likeness (QED) is 0.587. The number of hydrogen-bond acceptors (Lipinski definition) is 2. The van der Waals surface area contributed by atoms with E-state index in [1.165, 1.54) is 11.1 Å². The summed E-state index contributed by atoms with van der Waals surface area (Å²) in [6, 6.07) is 8.77. The first kappa shape index (κ1) is 12.2. The molecule has 0 aliphatic carbocycles. The molecule has 84 valence electrons. The van der Waals surface area contributed by atoms with Crippen LogP contribution in [-0.2, 0) is 0 Å². The van der Waals surface area contributed by atoms with Crippen LogP contribution in [0.25, 0.3) is 0 Å². The molecule has 2 atom stereocenters. The summed E-state index contributed by atoms with van der Waals surface area (Å²) in [6.07, 6.45) is 0. The number of aryl methyl sites for hydroxylation is 1. The molecule has 0 fully saturated rings. The van der Waals surface area contributed by atoms with Crippen LogP contribution in [0.1, 0.15) is 37.9 Å². The zero-order chi connectivity index (χ0) is 11.4. The minimum absolute atomic E-state index is 0.241. The van der Waals surface area contributed by atoms with Crippen LogP contribution >= 0.6 is 0 Å². The molecule has 0 amide bonds. The normalized spacial score (nSPS) is 15.3. The van der Waals surface area contributed by atoms with Crippen LogP contribution < -0.4 is 11.3 Å². The minimum Gasteiger partial charge on any atom is -0.271 e. The lowest BCUT2D eigenvalue weighted by molar-refractivity contribution is 0.306. The van der Waals surface area contributed by atoms with Gasteiger partial charge in [0.25, 0.3) is 0 Å². The minimum atomic E-state index is 0.241. The molecule has 0 heterocycles. The van der Waals surface area contributed by atoms with E-state index in [0.717, 1.165) is 0 Å². The molecule has 2 heteroatoms. The van der Waals surface area contributed by atoms with Crippen molar-refractivity contribution in [1.29, 1.82) is 0 Å². The van der Waals surface area contributed by atoms with Gasteiger partial charge >= 0.3 is 0 Å². The summed E-state index contributed by atoms with van der Waals surface area (Å²) in [5.41, 5.74) is 5.48. The van der Waals surface area contributed by atoms with Crippen molar-refractivity contribution in [1.82, 2.24) is 5.43 Å². The Labute approximate surface area is 92.8 Å². The third-order valence-electron chi connectivity index (χ3n) is 3.16. The topological polar surface area (TPSA) is 38.0 Å². The van der Waals surface area contributed by atoms with Gasteiger partial charge in [-0.1, -0.05) is 50.6 Å². The summed E-state index contributed by atoms with van der Waals surface area (Å²) in [5, 5.41) is 0. The maximum Gasteiger partial charge on any atom is 0.0488 e.